The average molecular weight is 260 g/mol. The molecule has 0 heterocycles. The van der Waals surface area contributed by atoms with Crippen molar-refractivity contribution < 1.29 is 18.7 Å². The highest BCUT2D eigenvalue weighted by Gasteiger charge is 2.10. The second-order valence-corrected chi connectivity index (χ2v) is 4.89. The van der Waals surface area contributed by atoms with Crippen molar-refractivity contribution in [2.75, 3.05) is 18.1 Å². The van der Waals surface area contributed by atoms with E-state index < -0.39 is 11.6 Å². The normalized spacial score (nSPS) is 12.5. The Morgan fingerprint density at radius 2 is 2.12 bits per heavy atom. The second kappa shape index (κ2) is 6.71. The molecule has 5 heteroatoms. The second-order valence-electron chi connectivity index (χ2n) is 3.85. The highest BCUT2D eigenvalue weighted by molar-refractivity contribution is 7.99. The van der Waals surface area contributed by atoms with Gasteiger partial charge in [0.1, 0.15) is 0 Å². The van der Waals surface area contributed by atoms with Crippen molar-refractivity contribution in [1.82, 2.24) is 0 Å². The Morgan fingerprint density at radius 1 is 1.41 bits per heavy atom. The fraction of sp³-hybridized carbons (Fsp3) is 0.417. The molecule has 0 saturated heterocycles. The minimum Gasteiger partial charge on any atom is -0.396 e. The van der Waals surface area contributed by atoms with Crippen molar-refractivity contribution in [3.05, 3.63) is 35.4 Å². The molecule has 0 aliphatic heterocycles. The maximum Gasteiger partial charge on any atom is 0.172 e. The summed E-state index contributed by atoms with van der Waals surface area (Å²) in [5, 5.41) is 8.79. The molecule has 1 N–H and O–H groups in total. The van der Waals surface area contributed by atoms with Crippen molar-refractivity contribution >= 4 is 17.5 Å². The Bertz CT molecular complexity index is 396. The minimum atomic E-state index is -1.01. The van der Waals surface area contributed by atoms with E-state index >= 15 is 0 Å². The number of carbonyl (C=O) groups is 1. The first-order chi connectivity index (χ1) is 8.04. The van der Waals surface area contributed by atoms with Crippen LogP contribution in [-0.4, -0.2) is 29.0 Å². The van der Waals surface area contributed by atoms with Crippen molar-refractivity contribution in [2.45, 2.75) is 6.92 Å². The molecular formula is C12H14F2O2S. The quantitative estimate of drug-likeness (QED) is 0.799. The van der Waals surface area contributed by atoms with E-state index in [9.17, 15) is 13.6 Å². The lowest BCUT2D eigenvalue weighted by Crippen LogP contribution is -2.08. The molecule has 94 valence electrons. The Kier molecular flexibility index (Phi) is 5.58. The fourth-order valence-corrected chi connectivity index (χ4v) is 2.14. The third-order valence-electron chi connectivity index (χ3n) is 2.19. The van der Waals surface area contributed by atoms with E-state index in [1.165, 1.54) is 17.8 Å². The first-order valence-electron chi connectivity index (χ1n) is 5.21. The molecule has 0 aromatic heterocycles. The summed E-state index contributed by atoms with van der Waals surface area (Å²) in [4.78, 5) is 11.6. The first kappa shape index (κ1) is 14.1. The number of aliphatic hydroxyl groups excluding tert-OH is 1. The van der Waals surface area contributed by atoms with Crippen LogP contribution in [0.25, 0.3) is 0 Å². The molecule has 1 aromatic rings. The molecule has 0 aliphatic carbocycles. The molecule has 0 amide bonds. The average Bonchev–Trinajstić information content (AvgIpc) is 2.32. The van der Waals surface area contributed by atoms with E-state index in [0.717, 1.165) is 12.1 Å². The highest BCUT2D eigenvalue weighted by atomic mass is 32.2. The minimum absolute atomic E-state index is 0.0758. The summed E-state index contributed by atoms with van der Waals surface area (Å²) in [7, 11) is 0. The van der Waals surface area contributed by atoms with Gasteiger partial charge in [-0.05, 0) is 29.9 Å². The van der Waals surface area contributed by atoms with Crippen LogP contribution < -0.4 is 0 Å². The largest absolute Gasteiger partial charge is 0.396 e. The van der Waals surface area contributed by atoms with Crippen LogP contribution in [0.15, 0.2) is 18.2 Å². The maximum atomic E-state index is 12.9. The van der Waals surface area contributed by atoms with Gasteiger partial charge in [-0.15, -0.1) is 0 Å². The van der Waals surface area contributed by atoms with Crippen LogP contribution in [0.2, 0.25) is 0 Å². The van der Waals surface area contributed by atoms with Gasteiger partial charge in [0.2, 0.25) is 0 Å². The van der Waals surface area contributed by atoms with E-state index in [4.69, 9.17) is 5.11 Å². The number of rotatable bonds is 6. The predicted molar refractivity (Wildman–Crippen MR) is 64.3 cm³/mol. The van der Waals surface area contributed by atoms with Crippen LogP contribution in [0.3, 0.4) is 0 Å². The molecule has 0 spiro atoms. The molecule has 2 nitrogen and oxygen atoms in total. The zero-order chi connectivity index (χ0) is 12.8. The van der Waals surface area contributed by atoms with Crippen LogP contribution in [0.4, 0.5) is 8.78 Å². The van der Waals surface area contributed by atoms with E-state index in [1.807, 2.05) is 6.92 Å². The van der Waals surface area contributed by atoms with Crippen LogP contribution >= 0.6 is 11.8 Å². The third kappa shape index (κ3) is 4.44. The Balaban J connectivity index is 2.50. The smallest absolute Gasteiger partial charge is 0.172 e. The van der Waals surface area contributed by atoms with Crippen molar-refractivity contribution in [2.24, 2.45) is 5.92 Å². The number of aliphatic hydroxyl groups is 1. The van der Waals surface area contributed by atoms with Gasteiger partial charge < -0.3 is 5.11 Å². The van der Waals surface area contributed by atoms with Gasteiger partial charge >= 0.3 is 0 Å². The van der Waals surface area contributed by atoms with Gasteiger partial charge in [0.15, 0.2) is 17.4 Å². The molecule has 1 rings (SSSR count). The van der Waals surface area contributed by atoms with Crippen LogP contribution in [-0.2, 0) is 0 Å². The van der Waals surface area contributed by atoms with Gasteiger partial charge in [-0.1, -0.05) is 6.92 Å². The van der Waals surface area contributed by atoms with E-state index in [1.54, 1.807) is 0 Å². The topological polar surface area (TPSA) is 37.3 Å². The monoisotopic (exact) mass is 260 g/mol. The zero-order valence-corrected chi connectivity index (χ0v) is 10.3. The van der Waals surface area contributed by atoms with E-state index in [2.05, 4.69) is 0 Å². The number of Topliss-reactive ketones (excluding diaryl/α,β-unsaturated/α-hetero) is 1. The summed E-state index contributed by atoms with van der Waals surface area (Å²) in [6.45, 7) is 1.95. The Labute approximate surface area is 103 Å². The highest BCUT2D eigenvalue weighted by Crippen LogP contribution is 2.13. The molecule has 0 bridgehead atoms. The standard InChI is InChI=1S/C12H14F2O2S/c1-8(5-15)6-17-7-12(16)9-2-3-10(13)11(14)4-9/h2-4,8,15H,5-7H2,1H3. The molecule has 0 saturated carbocycles. The summed E-state index contributed by atoms with van der Waals surface area (Å²) in [5.74, 6) is -1.22. The van der Waals surface area contributed by atoms with Gasteiger partial charge in [0, 0.05) is 12.2 Å². The number of carbonyl (C=O) groups excluding carboxylic acids is 1. The van der Waals surface area contributed by atoms with Crippen LogP contribution in [0.5, 0.6) is 0 Å². The number of hydrogen-bond donors (Lipinski definition) is 1. The van der Waals surface area contributed by atoms with Crippen molar-refractivity contribution in [1.29, 1.82) is 0 Å². The zero-order valence-electron chi connectivity index (χ0n) is 9.45. The first-order valence-corrected chi connectivity index (χ1v) is 6.37. The summed E-state index contributed by atoms with van der Waals surface area (Å²) in [6, 6.07) is 3.13. The van der Waals surface area contributed by atoms with Crippen molar-refractivity contribution in [3.63, 3.8) is 0 Å². The molecule has 0 radical (unpaired) electrons. The summed E-state index contributed by atoms with van der Waals surface area (Å²) < 4.78 is 25.5. The maximum absolute atomic E-state index is 12.9. The van der Waals surface area contributed by atoms with Gasteiger partial charge in [0.25, 0.3) is 0 Å². The Morgan fingerprint density at radius 3 is 2.71 bits per heavy atom. The number of benzene rings is 1. The number of hydrogen-bond acceptors (Lipinski definition) is 3. The number of ketones is 1. The summed E-state index contributed by atoms with van der Waals surface area (Å²) >= 11 is 1.37. The predicted octanol–water partition coefficient (Wildman–Crippen LogP) is 2.51. The summed E-state index contributed by atoms with van der Waals surface area (Å²) in [6.07, 6.45) is 0. The van der Waals surface area contributed by atoms with Gasteiger partial charge in [-0.3, -0.25) is 4.79 Å². The van der Waals surface area contributed by atoms with Crippen LogP contribution in [0, 0.1) is 17.6 Å². The lowest BCUT2D eigenvalue weighted by Gasteiger charge is -2.06. The molecule has 0 fully saturated rings. The lowest BCUT2D eigenvalue weighted by atomic mass is 10.1. The molecule has 1 atom stereocenters. The fourth-order valence-electron chi connectivity index (χ4n) is 1.16. The molecule has 0 aliphatic rings. The van der Waals surface area contributed by atoms with Gasteiger partial charge in [-0.2, -0.15) is 11.8 Å². The molecule has 1 unspecified atom stereocenters. The number of thioether (sulfide) groups is 1. The van der Waals surface area contributed by atoms with Crippen molar-refractivity contribution in [3.8, 4) is 0 Å². The molecular weight excluding hydrogens is 246 g/mol. The molecule has 1 aromatic carbocycles. The lowest BCUT2D eigenvalue weighted by molar-refractivity contribution is 0.102. The van der Waals surface area contributed by atoms with E-state index in [0.29, 0.717) is 5.75 Å². The SMILES string of the molecule is CC(CO)CSCC(=O)c1ccc(F)c(F)c1. The summed E-state index contributed by atoms with van der Waals surface area (Å²) in [5.41, 5.74) is 0.174. The van der Waals surface area contributed by atoms with E-state index in [-0.39, 0.29) is 29.6 Å². The third-order valence-corrected chi connectivity index (χ3v) is 3.46. The van der Waals surface area contributed by atoms with Crippen LogP contribution in [0.1, 0.15) is 17.3 Å². The van der Waals surface area contributed by atoms with Gasteiger partial charge in [-0.25, -0.2) is 8.78 Å². The molecule has 17 heavy (non-hydrogen) atoms. The van der Waals surface area contributed by atoms with Gasteiger partial charge in [0.05, 0.1) is 5.75 Å². The Hall–Kier alpha value is -0.940. The number of halogens is 2.